The van der Waals surface area contributed by atoms with Crippen LogP contribution in [0.4, 0.5) is 17.6 Å². The van der Waals surface area contributed by atoms with Crippen molar-refractivity contribution in [2.45, 2.75) is 12.8 Å². The standard InChI is InChI=1S/C21H14F4O3/c22-16-6-4-14(5-7-16)20(26)11-10-17-8-9-19(28-17)13-27-18-3-1-2-15(12-18)21(23,24)25/h1-12H,13H2/b11-10+. The quantitative estimate of drug-likeness (QED) is 0.298. The van der Waals surface area contributed by atoms with Crippen molar-refractivity contribution in [3.63, 3.8) is 0 Å². The number of carbonyl (C=O) groups excluding carboxylic acids is 1. The van der Waals surface area contributed by atoms with Crippen LogP contribution in [0.2, 0.25) is 0 Å². The molecule has 3 aromatic rings. The van der Waals surface area contributed by atoms with Crippen molar-refractivity contribution < 1.29 is 31.5 Å². The molecule has 3 nitrogen and oxygen atoms in total. The molecule has 144 valence electrons. The van der Waals surface area contributed by atoms with Crippen LogP contribution in [-0.2, 0) is 12.8 Å². The molecule has 7 heteroatoms. The van der Waals surface area contributed by atoms with Crippen LogP contribution in [0.3, 0.4) is 0 Å². The normalized spacial score (nSPS) is 11.7. The number of ether oxygens (including phenoxy) is 1. The molecule has 3 rings (SSSR count). The summed E-state index contributed by atoms with van der Waals surface area (Å²) >= 11 is 0. The molecule has 0 N–H and O–H groups in total. The molecular formula is C21H14F4O3. The van der Waals surface area contributed by atoms with Crippen molar-refractivity contribution in [1.82, 2.24) is 0 Å². The Labute approximate surface area is 157 Å². The number of allylic oxidation sites excluding steroid dienone is 1. The summed E-state index contributed by atoms with van der Waals surface area (Å²) in [5.41, 5.74) is -0.468. The van der Waals surface area contributed by atoms with E-state index in [-0.39, 0.29) is 18.1 Å². The second kappa shape index (κ2) is 8.12. The summed E-state index contributed by atoms with van der Waals surface area (Å²) in [4.78, 5) is 12.0. The largest absolute Gasteiger partial charge is 0.486 e. The molecule has 0 aliphatic rings. The van der Waals surface area contributed by atoms with Crippen LogP contribution in [0.15, 0.2) is 71.2 Å². The molecule has 0 bridgehead atoms. The molecule has 0 radical (unpaired) electrons. The fourth-order valence-electron chi connectivity index (χ4n) is 2.35. The lowest BCUT2D eigenvalue weighted by molar-refractivity contribution is -0.137. The molecule has 28 heavy (non-hydrogen) atoms. The van der Waals surface area contributed by atoms with E-state index in [1.807, 2.05) is 0 Å². The van der Waals surface area contributed by atoms with Crippen LogP contribution < -0.4 is 4.74 Å². The maximum absolute atomic E-state index is 12.9. The fraction of sp³-hybridized carbons (Fsp3) is 0.0952. The van der Waals surface area contributed by atoms with Crippen molar-refractivity contribution >= 4 is 11.9 Å². The molecule has 0 saturated carbocycles. The van der Waals surface area contributed by atoms with Crippen molar-refractivity contribution in [2.24, 2.45) is 0 Å². The summed E-state index contributed by atoms with van der Waals surface area (Å²) in [7, 11) is 0. The van der Waals surface area contributed by atoms with E-state index in [9.17, 15) is 22.4 Å². The van der Waals surface area contributed by atoms with Crippen molar-refractivity contribution in [3.05, 3.63) is 95.2 Å². The highest BCUT2D eigenvalue weighted by Crippen LogP contribution is 2.31. The van der Waals surface area contributed by atoms with Gasteiger partial charge in [-0.25, -0.2) is 4.39 Å². The molecule has 0 unspecified atom stereocenters. The SMILES string of the molecule is O=C(/C=C/c1ccc(COc2cccc(C(F)(F)F)c2)o1)c1ccc(F)cc1. The first kappa shape index (κ1) is 19.4. The van der Waals surface area contributed by atoms with Gasteiger partial charge in [0.1, 0.15) is 29.7 Å². The first-order valence-corrected chi connectivity index (χ1v) is 8.18. The first-order valence-electron chi connectivity index (χ1n) is 8.18. The van der Waals surface area contributed by atoms with Crippen LogP contribution in [0.5, 0.6) is 5.75 Å². The number of rotatable bonds is 6. The van der Waals surface area contributed by atoms with Crippen LogP contribution >= 0.6 is 0 Å². The Morgan fingerprint density at radius 2 is 1.79 bits per heavy atom. The molecule has 0 aliphatic heterocycles. The molecule has 0 amide bonds. The monoisotopic (exact) mass is 390 g/mol. The Balaban J connectivity index is 1.60. The Bertz CT molecular complexity index is 985. The van der Waals surface area contributed by atoms with E-state index < -0.39 is 17.6 Å². The Kier molecular flexibility index (Phi) is 5.63. The van der Waals surface area contributed by atoms with E-state index in [1.165, 1.54) is 48.6 Å². The number of hydrogen-bond acceptors (Lipinski definition) is 3. The number of benzene rings is 2. The predicted molar refractivity (Wildman–Crippen MR) is 94.2 cm³/mol. The summed E-state index contributed by atoms with van der Waals surface area (Å²) < 4.78 is 61.8. The number of carbonyl (C=O) groups is 1. The Morgan fingerprint density at radius 3 is 2.50 bits per heavy atom. The van der Waals surface area contributed by atoms with Gasteiger partial charge in [-0.05, 0) is 66.7 Å². The first-order chi connectivity index (χ1) is 13.3. The van der Waals surface area contributed by atoms with E-state index in [0.29, 0.717) is 17.1 Å². The number of furan rings is 1. The van der Waals surface area contributed by atoms with Gasteiger partial charge in [-0.15, -0.1) is 0 Å². The summed E-state index contributed by atoms with van der Waals surface area (Å²) in [6.07, 6.45) is -1.72. The van der Waals surface area contributed by atoms with Crippen LogP contribution in [-0.4, -0.2) is 5.78 Å². The Morgan fingerprint density at radius 1 is 1.04 bits per heavy atom. The average molecular weight is 390 g/mol. The summed E-state index contributed by atoms with van der Waals surface area (Å²) in [5, 5.41) is 0. The highest BCUT2D eigenvalue weighted by atomic mass is 19.4. The topological polar surface area (TPSA) is 39.4 Å². The molecular weight excluding hydrogens is 376 g/mol. The zero-order valence-corrected chi connectivity index (χ0v) is 14.4. The van der Waals surface area contributed by atoms with Gasteiger partial charge in [0, 0.05) is 5.56 Å². The summed E-state index contributed by atoms with van der Waals surface area (Å²) in [6.45, 7) is -0.0684. The van der Waals surface area contributed by atoms with Gasteiger partial charge in [0.15, 0.2) is 5.78 Å². The molecule has 0 aliphatic carbocycles. The van der Waals surface area contributed by atoms with E-state index in [2.05, 4.69) is 0 Å². The third-order valence-corrected chi connectivity index (χ3v) is 3.75. The van der Waals surface area contributed by atoms with Gasteiger partial charge >= 0.3 is 6.18 Å². The smallest absolute Gasteiger partial charge is 0.416 e. The minimum atomic E-state index is -4.45. The summed E-state index contributed by atoms with van der Waals surface area (Å²) in [6, 6.07) is 12.9. The second-order valence-electron chi connectivity index (χ2n) is 5.82. The molecule has 0 atom stereocenters. The van der Waals surface area contributed by atoms with E-state index in [4.69, 9.17) is 9.15 Å². The van der Waals surface area contributed by atoms with Gasteiger partial charge < -0.3 is 9.15 Å². The zero-order chi connectivity index (χ0) is 20.1. The number of alkyl halides is 3. The molecule has 0 fully saturated rings. The minimum Gasteiger partial charge on any atom is -0.486 e. The Hall–Kier alpha value is -3.35. The maximum Gasteiger partial charge on any atom is 0.416 e. The zero-order valence-electron chi connectivity index (χ0n) is 14.4. The van der Waals surface area contributed by atoms with Crippen LogP contribution in [0, 0.1) is 5.82 Å². The highest BCUT2D eigenvalue weighted by molar-refractivity contribution is 6.06. The summed E-state index contributed by atoms with van der Waals surface area (Å²) in [5.74, 6) is 0.0642. The van der Waals surface area contributed by atoms with Gasteiger partial charge in [0.25, 0.3) is 0 Å². The lowest BCUT2D eigenvalue weighted by Crippen LogP contribution is -2.05. The molecule has 0 spiro atoms. The maximum atomic E-state index is 12.9. The predicted octanol–water partition coefficient (Wildman–Crippen LogP) is 5.91. The highest BCUT2D eigenvalue weighted by Gasteiger charge is 2.30. The lowest BCUT2D eigenvalue weighted by atomic mass is 10.1. The molecule has 0 saturated heterocycles. The fourth-order valence-corrected chi connectivity index (χ4v) is 2.35. The number of halogens is 4. The molecule has 1 aromatic heterocycles. The van der Waals surface area contributed by atoms with Crippen molar-refractivity contribution in [1.29, 1.82) is 0 Å². The van der Waals surface area contributed by atoms with Gasteiger partial charge in [0.05, 0.1) is 5.56 Å². The van der Waals surface area contributed by atoms with Gasteiger partial charge in [0.2, 0.25) is 0 Å². The van der Waals surface area contributed by atoms with Gasteiger partial charge in [-0.1, -0.05) is 6.07 Å². The van der Waals surface area contributed by atoms with Crippen molar-refractivity contribution in [3.8, 4) is 5.75 Å². The van der Waals surface area contributed by atoms with Crippen LogP contribution in [0.1, 0.15) is 27.4 Å². The third-order valence-electron chi connectivity index (χ3n) is 3.75. The van der Waals surface area contributed by atoms with Crippen LogP contribution in [0.25, 0.3) is 6.08 Å². The van der Waals surface area contributed by atoms with Gasteiger partial charge in [-0.3, -0.25) is 4.79 Å². The van der Waals surface area contributed by atoms with Crippen molar-refractivity contribution in [2.75, 3.05) is 0 Å². The number of hydrogen-bond donors (Lipinski definition) is 0. The number of ketones is 1. The van der Waals surface area contributed by atoms with E-state index >= 15 is 0 Å². The molecule has 1 heterocycles. The van der Waals surface area contributed by atoms with E-state index in [0.717, 1.165) is 12.1 Å². The third kappa shape index (κ3) is 5.09. The lowest BCUT2D eigenvalue weighted by Gasteiger charge is -2.09. The van der Waals surface area contributed by atoms with Gasteiger partial charge in [-0.2, -0.15) is 13.2 Å². The molecule has 2 aromatic carbocycles. The second-order valence-corrected chi connectivity index (χ2v) is 5.82. The average Bonchev–Trinajstić information content (AvgIpc) is 3.12. The van der Waals surface area contributed by atoms with E-state index in [1.54, 1.807) is 12.1 Å². The minimum absolute atomic E-state index is 0.0646.